The smallest absolute Gasteiger partial charge is 0.317 e. The number of thioether (sulfide) groups is 1. The quantitative estimate of drug-likeness (QED) is 0.823. The molecule has 0 radical (unpaired) electrons. The normalized spacial score (nSPS) is 20.9. The number of aliphatic carboxylic acids is 1. The molecule has 0 aromatic carbocycles. The number of rotatable bonds is 3. The monoisotopic (exact) mass is 274 g/mol. The second-order valence-corrected chi connectivity index (χ2v) is 7.10. The summed E-state index contributed by atoms with van der Waals surface area (Å²) in [5.41, 5.74) is 0. The Kier molecular flexibility index (Phi) is 5.31. The number of amides is 2. The van der Waals surface area contributed by atoms with E-state index in [-0.39, 0.29) is 23.2 Å². The van der Waals surface area contributed by atoms with Crippen molar-refractivity contribution in [3.05, 3.63) is 0 Å². The molecule has 1 rings (SSSR count). The van der Waals surface area contributed by atoms with Gasteiger partial charge in [-0.2, -0.15) is 11.8 Å². The van der Waals surface area contributed by atoms with Crippen LogP contribution >= 0.6 is 11.8 Å². The number of carbonyl (C=O) groups excluding carboxylic acids is 1. The molecule has 1 unspecified atom stereocenters. The van der Waals surface area contributed by atoms with Crippen molar-refractivity contribution in [3.8, 4) is 0 Å². The van der Waals surface area contributed by atoms with Gasteiger partial charge in [0, 0.05) is 29.6 Å². The van der Waals surface area contributed by atoms with E-state index in [2.05, 4.69) is 19.2 Å². The van der Waals surface area contributed by atoms with E-state index in [9.17, 15) is 9.59 Å². The highest BCUT2D eigenvalue weighted by Crippen LogP contribution is 2.30. The maximum absolute atomic E-state index is 12.0. The Bertz CT molecular complexity index is 320. The molecule has 0 aromatic rings. The van der Waals surface area contributed by atoms with Crippen molar-refractivity contribution < 1.29 is 14.7 Å². The molecule has 0 aliphatic carbocycles. The summed E-state index contributed by atoms with van der Waals surface area (Å²) in [5.74, 6) is 0.0311. The lowest BCUT2D eigenvalue weighted by Crippen LogP contribution is -2.45. The Morgan fingerprint density at radius 2 is 2.11 bits per heavy atom. The van der Waals surface area contributed by atoms with E-state index in [1.54, 1.807) is 11.8 Å². The number of urea groups is 1. The number of carboxylic acids is 1. The van der Waals surface area contributed by atoms with Gasteiger partial charge >= 0.3 is 12.0 Å². The van der Waals surface area contributed by atoms with Gasteiger partial charge in [0.2, 0.25) is 0 Å². The van der Waals surface area contributed by atoms with E-state index in [0.717, 1.165) is 25.3 Å². The van der Waals surface area contributed by atoms with Crippen LogP contribution in [0.3, 0.4) is 0 Å². The second-order valence-electron chi connectivity index (χ2n) is 5.29. The van der Waals surface area contributed by atoms with E-state index in [4.69, 9.17) is 5.11 Å². The summed E-state index contributed by atoms with van der Waals surface area (Å²) in [6, 6.07) is -0.485. The summed E-state index contributed by atoms with van der Waals surface area (Å²) in [7, 11) is 0. The van der Waals surface area contributed by atoms with Crippen molar-refractivity contribution in [1.82, 2.24) is 10.2 Å². The van der Waals surface area contributed by atoms with Crippen LogP contribution in [0.5, 0.6) is 0 Å². The standard InChI is InChI=1S/C12H22N2O3S/c1-9(8-10(15)16)13-11(17)14-5-4-12(2,3)18-7-6-14/h9H,4-8H2,1-3H3,(H,13,17)(H,15,16). The van der Waals surface area contributed by atoms with Gasteiger partial charge in [-0.3, -0.25) is 4.79 Å². The van der Waals surface area contributed by atoms with E-state index in [1.807, 2.05) is 11.8 Å². The van der Waals surface area contributed by atoms with Crippen molar-refractivity contribution in [2.45, 2.75) is 44.4 Å². The van der Waals surface area contributed by atoms with Crippen LogP contribution in [-0.2, 0) is 4.79 Å². The Hall–Kier alpha value is -0.910. The lowest BCUT2D eigenvalue weighted by Gasteiger charge is -2.24. The van der Waals surface area contributed by atoms with Crippen molar-refractivity contribution >= 4 is 23.8 Å². The zero-order valence-corrected chi connectivity index (χ0v) is 12.0. The van der Waals surface area contributed by atoms with Crippen LogP contribution in [0.25, 0.3) is 0 Å². The van der Waals surface area contributed by atoms with Gasteiger partial charge in [0.15, 0.2) is 0 Å². The Morgan fingerprint density at radius 3 is 2.72 bits per heavy atom. The third-order valence-corrected chi connectivity index (χ3v) is 4.35. The molecule has 18 heavy (non-hydrogen) atoms. The van der Waals surface area contributed by atoms with E-state index < -0.39 is 5.97 Å². The molecule has 1 fully saturated rings. The highest BCUT2D eigenvalue weighted by molar-refractivity contribution is 8.00. The summed E-state index contributed by atoms with van der Waals surface area (Å²) < 4.78 is 0.210. The Balaban J connectivity index is 2.44. The first kappa shape index (κ1) is 15.1. The van der Waals surface area contributed by atoms with Gasteiger partial charge in [0.1, 0.15) is 0 Å². The molecule has 1 aliphatic heterocycles. The van der Waals surface area contributed by atoms with Crippen LogP contribution in [-0.4, -0.2) is 51.6 Å². The maximum atomic E-state index is 12.0. The van der Waals surface area contributed by atoms with Crippen LogP contribution in [0.1, 0.15) is 33.6 Å². The minimum absolute atomic E-state index is 0.0418. The first-order chi connectivity index (χ1) is 8.30. The average Bonchev–Trinajstić information content (AvgIpc) is 2.37. The van der Waals surface area contributed by atoms with Crippen LogP contribution in [0, 0.1) is 0 Å². The molecule has 2 amide bonds. The summed E-state index contributed by atoms with van der Waals surface area (Å²) in [6.07, 6.45) is 0.915. The molecule has 1 heterocycles. The van der Waals surface area contributed by atoms with Gasteiger partial charge < -0.3 is 15.3 Å². The Labute approximate surface area is 112 Å². The zero-order chi connectivity index (χ0) is 13.8. The van der Waals surface area contributed by atoms with Gasteiger partial charge in [-0.1, -0.05) is 13.8 Å². The third-order valence-electron chi connectivity index (χ3n) is 2.98. The molecule has 1 saturated heterocycles. The Morgan fingerprint density at radius 1 is 1.44 bits per heavy atom. The van der Waals surface area contributed by atoms with Crippen LogP contribution in [0.15, 0.2) is 0 Å². The maximum Gasteiger partial charge on any atom is 0.317 e. The largest absolute Gasteiger partial charge is 0.481 e. The average molecular weight is 274 g/mol. The fourth-order valence-corrected chi connectivity index (χ4v) is 2.94. The lowest BCUT2D eigenvalue weighted by molar-refractivity contribution is -0.137. The third kappa shape index (κ3) is 5.16. The fraction of sp³-hybridized carbons (Fsp3) is 0.833. The van der Waals surface area contributed by atoms with Crippen molar-refractivity contribution in [2.24, 2.45) is 0 Å². The molecule has 5 nitrogen and oxygen atoms in total. The molecule has 0 bridgehead atoms. The minimum Gasteiger partial charge on any atom is -0.481 e. The van der Waals surface area contributed by atoms with Crippen molar-refractivity contribution in [3.63, 3.8) is 0 Å². The highest BCUT2D eigenvalue weighted by atomic mass is 32.2. The molecular weight excluding hydrogens is 252 g/mol. The molecular formula is C12H22N2O3S. The summed E-state index contributed by atoms with van der Waals surface area (Å²) in [5, 5.41) is 11.4. The molecule has 6 heteroatoms. The first-order valence-electron chi connectivity index (χ1n) is 6.21. The predicted octanol–water partition coefficient (Wildman–Crippen LogP) is 1.78. The summed E-state index contributed by atoms with van der Waals surface area (Å²) in [4.78, 5) is 24.3. The topological polar surface area (TPSA) is 69.6 Å². The molecule has 0 aromatic heterocycles. The van der Waals surface area contributed by atoms with Gasteiger partial charge in [-0.25, -0.2) is 4.79 Å². The fourth-order valence-electron chi connectivity index (χ4n) is 1.84. The van der Waals surface area contributed by atoms with Gasteiger partial charge in [0.05, 0.1) is 6.42 Å². The summed E-state index contributed by atoms with van der Waals surface area (Å²) in [6.45, 7) is 7.53. The highest BCUT2D eigenvalue weighted by Gasteiger charge is 2.26. The molecule has 2 N–H and O–H groups in total. The number of carbonyl (C=O) groups is 2. The lowest BCUT2D eigenvalue weighted by atomic mass is 10.1. The van der Waals surface area contributed by atoms with Gasteiger partial charge in [-0.05, 0) is 13.3 Å². The number of carboxylic acid groups (broad SMARTS) is 1. The molecule has 1 aliphatic rings. The molecule has 0 spiro atoms. The predicted molar refractivity (Wildman–Crippen MR) is 73.0 cm³/mol. The number of nitrogens with one attached hydrogen (secondary N) is 1. The number of hydrogen-bond acceptors (Lipinski definition) is 3. The molecule has 104 valence electrons. The van der Waals surface area contributed by atoms with Crippen LogP contribution < -0.4 is 5.32 Å². The SMILES string of the molecule is CC(CC(=O)O)NC(=O)N1CCSC(C)(C)CC1. The van der Waals surface area contributed by atoms with E-state index >= 15 is 0 Å². The van der Waals surface area contributed by atoms with E-state index in [1.165, 1.54) is 0 Å². The van der Waals surface area contributed by atoms with Crippen LogP contribution in [0.4, 0.5) is 4.79 Å². The zero-order valence-electron chi connectivity index (χ0n) is 11.2. The minimum atomic E-state index is -0.893. The first-order valence-corrected chi connectivity index (χ1v) is 7.20. The second kappa shape index (κ2) is 6.31. The summed E-state index contributed by atoms with van der Waals surface area (Å²) >= 11 is 1.88. The van der Waals surface area contributed by atoms with Crippen molar-refractivity contribution in [2.75, 3.05) is 18.8 Å². The molecule has 1 atom stereocenters. The number of nitrogens with zero attached hydrogens (tertiary/aromatic N) is 1. The van der Waals surface area contributed by atoms with Gasteiger partial charge in [0.25, 0.3) is 0 Å². The van der Waals surface area contributed by atoms with Crippen molar-refractivity contribution in [1.29, 1.82) is 0 Å². The van der Waals surface area contributed by atoms with Gasteiger partial charge in [-0.15, -0.1) is 0 Å². The molecule has 0 saturated carbocycles. The van der Waals surface area contributed by atoms with E-state index in [0.29, 0.717) is 0 Å². The van der Waals surface area contributed by atoms with Crippen LogP contribution in [0.2, 0.25) is 0 Å². The number of hydrogen-bond donors (Lipinski definition) is 2.